The van der Waals surface area contributed by atoms with Crippen molar-refractivity contribution < 1.29 is 14.3 Å². The van der Waals surface area contributed by atoms with Gasteiger partial charge in [-0.15, -0.1) is 0 Å². The summed E-state index contributed by atoms with van der Waals surface area (Å²) < 4.78 is 11.2. The highest BCUT2D eigenvalue weighted by atomic mass is 35.5. The fourth-order valence-electron chi connectivity index (χ4n) is 3.19. The van der Waals surface area contributed by atoms with E-state index in [1.54, 1.807) is 18.2 Å². The molecule has 2 heterocycles. The summed E-state index contributed by atoms with van der Waals surface area (Å²) in [5.41, 5.74) is 0.979. The van der Waals surface area contributed by atoms with Crippen molar-refractivity contribution in [2.45, 2.75) is 31.6 Å². The molecule has 0 aromatic heterocycles. The predicted octanol–water partition coefficient (Wildman–Crippen LogP) is 2.38. The number of hydrogen-bond donors (Lipinski definition) is 1. The molecule has 7 heteroatoms. The minimum atomic E-state index is -0.234. The van der Waals surface area contributed by atoms with E-state index in [4.69, 9.17) is 26.3 Å². The van der Waals surface area contributed by atoms with Crippen molar-refractivity contribution in [3.63, 3.8) is 0 Å². The number of nitriles is 1. The molecular weight excluding hydrogens is 330 g/mol. The van der Waals surface area contributed by atoms with Crippen molar-refractivity contribution in [3.8, 4) is 6.07 Å². The van der Waals surface area contributed by atoms with Crippen LogP contribution in [0, 0.1) is 11.3 Å². The van der Waals surface area contributed by atoms with Crippen LogP contribution in [0.2, 0.25) is 5.02 Å². The summed E-state index contributed by atoms with van der Waals surface area (Å²) in [6.07, 6.45) is 2.93. The Balaban J connectivity index is 1.60. The van der Waals surface area contributed by atoms with Gasteiger partial charge in [0, 0.05) is 5.69 Å². The van der Waals surface area contributed by atoms with Crippen LogP contribution >= 0.6 is 11.6 Å². The number of hydrogen-bond acceptors (Lipinski definition) is 5. The highest BCUT2D eigenvalue weighted by Gasteiger charge is 2.34. The molecule has 128 valence electrons. The van der Waals surface area contributed by atoms with Gasteiger partial charge in [-0.25, -0.2) is 0 Å². The number of nitrogens with one attached hydrogen (secondary N) is 1. The summed E-state index contributed by atoms with van der Waals surface area (Å²) in [6, 6.07) is 6.99. The molecule has 0 radical (unpaired) electrons. The molecule has 1 N–H and O–H groups in total. The summed E-state index contributed by atoms with van der Waals surface area (Å²) >= 11 is 6.00. The van der Waals surface area contributed by atoms with Gasteiger partial charge in [0.15, 0.2) is 6.29 Å². The van der Waals surface area contributed by atoms with E-state index in [1.165, 1.54) is 0 Å². The standard InChI is InChI=1S/C17H20ClN3O3/c18-14-9-13(5-4-12(14)10-19)20-16(22)11-21-6-2-1-3-15(21)17-23-7-8-24-17/h4-5,9,15,17H,1-3,6-8,11H2,(H,20,22)/t15-/m0/s1. The van der Waals surface area contributed by atoms with Gasteiger partial charge < -0.3 is 14.8 Å². The number of carbonyl (C=O) groups is 1. The lowest BCUT2D eigenvalue weighted by Crippen LogP contribution is -2.50. The Morgan fingerprint density at radius 3 is 2.88 bits per heavy atom. The average Bonchev–Trinajstić information content (AvgIpc) is 3.10. The predicted molar refractivity (Wildman–Crippen MR) is 89.7 cm³/mol. The number of nitrogens with zero attached hydrogens (tertiary/aromatic N) is 2. The van der Waals surface area contributed by atoms with Crippen LogP contribution in [0.15, 0.2) is 18.2 Å². The van der Waals surface area contributed by atoms with E-state index < -0.39 is 0 Å². The van der Waals surface area contributed by atoms with Crippen LogP contribution in [-0.4, -0.2) is 49.4 Å². The number of ether oxygens (including phenoxy) is 2. The molecule has 1 aromatic rings. The van der Waals surface area contributed by atoms with Gasteiger partial charge in [-0.05, 0) is 37.6 Å². The van der Waals surface area contributed by atoms with Crippen molar-refractivity contribution >= 4 is 23.2 Å². The maximum Gasteiger partial charge on any atom is 0.238 e. The van der Waals surface area contributed by atoms with E-state index in [1.807, 2.05) is 6.07 Å². The number of carbonyl (C=O) groups excluding carboxylic acids is 1. The number of rotatable bonds is 4. The maximum atomic E-state index is 12.4. The van der Waals surface area contributed by atoms with Crippen LogP contribution in [0.25, 0.3) is 0 Å². The van der Waals surface area contributed by atoms with Gasteiger partial charge in [0.2, 0.25) is 5.91 Å². The fourth-order valence-corrected chi connectivity index (χ4v) is 3.41. The Hall–Kier alpha value is -1.65. The van der Waals surface area contributed by atoms with Gasteiger partial charge in [-0.2, -0.15) is 5.26 Å². The lowest BCUT2D eigenvalue weighted by Gasteiger charge is -2.37. The third-order valence-corrected chi connectivity index (χ3v) is 4.66. The summed E-state index contributed by atoms with van der Waals surface area (Å²) in [5, 5.41) is 12.1. The first-order chi connectivity index (χ1) is 11.7. The van der Waals surface area contributed by atoms with E-state index in [0.717, 1.165) is 25.8 Å². The largest absolute Gasteiger partial charge is 0.349 e. The maximum absolute atomic E-state index is 12.4. The van der Waals surface area contributed by atoms with Crippen molar-refractivity contribution in [1.82, 2.24) is 4.90 Å². The van der Waals surface area contributed by atoms with Crippen molar-refractivity contribution in [2.24, 2.45) is 0 Å². The number of likely N-dealkylation sites (tertiary alicyclic amines) is 1. The van der Waals surface area contributed by atoms with Gasteiger partial charge in [0.25, 0.3) is 0 Å². The summed E-state index contributed by atoms with van der Waals surface area (Å²) in [4.78, 5) is 14.5. The number of amides is 1. The van der Waals surface area contributed by atoms with Crippen LogP contribution in [0.5, 0.6) is 0 Å². The lowest BCUT2D eigenvalue weighted by atomic mass is 10.0. The number of benzene rings is 1. The molecule has 2 fully saturated rings. The van der Waals surface area contributed by atoms with Gasteiger partial charge in [-0.3, -0.25) is 9.69 Å². The second-order valence-electron chi connectivity index (χ2n) is 6.00. The van der Waals surface area contributed by atoms with E-state index >= 15 is 0 Å². The summed E-state index contributed by atoms with van der Waals surface area (Å²) in [7, 11) is 0. The second kappa shape index (κ2) is 7.95. The molecule has 3 rings (SSSR count). The van der Waals surface area contributed by atoms with E-state index in [-0.39, 0.29) is 24.8 Å². The Bertz CT molecular complexity index is 640. The van der Waals surface area contributed by atoms with Crippen molar-refractivity contribution in [1.29, 1.82) is 5.26 Å². The third kappa shape index (κ3) is 4.05. The van der Waals surface area contributed by atoms with Crippen LogP contribution in [0.1, 0.15) is 24.8 Å². The molecule has 1 atom stereocenters. The highest BCUT2D eigenvalue weighted by Crippen LogP contribution is 2.24. The summed E-state index contributed by atoms with van der Waals surface area (Å²) in [6.45, 7) is 2.37. The zero-order valence-corrected chi connectivity index (χ0v) is 14.1. The van der Waals surface area contributed by atoms with E-state index in [9.17, 15) is 4.79 Å². The summed E-state index contributed by atoms with van der Waals surface area (Å²) in [5.74, 6) is -0.110. The Labute approximate surface area is 146 Å². The topological polar surface area (TPSA) is 74.6 Å². The fraction of sp³-hybridized carbons (Fsp3) is 0.529. The number of halogens is 1. The lowest BCUT2D eigenvalue weighted by molar-refractivity contribution is -0.127. The highest BCUT2D eigenvalue weighted by molar-refractivity contribution is 6.32. The van der Waals surface area contributed by atoms with Crippen LogP contribution in [0.3, 0.4) is 0 Å². The zero-order valence-electron chi connectivity index (χ0n) is 13.3. The molecule has 1 aromatic carbocycles. The number of anilines is 1. The molecule has 24 heavy (non-hydrogen) atoms. The van der Waals surface area contributed by atoms with Gasteiger partial charge >= 0.3 is 0 Å². The molecule has 0 saturated carbocycles. The second-order valence-corrected chi connectivity index (χ2v) is 6.41. The minimum Gasteiger partial charge on any atom is -0.349 e. The molecule has 6 nitrogen and oxygen atoms in total. The molecule has 0 unspecified atom stereocenters. The Morgan fingerprint density at radius 2 is 2.17 bits per heavy atom. The third-order valence-electron chi connectivity index (χ3n) is 4.35. The van der Waals surface area contributed by atoms with Gasteiger partial charge in [-0.1, -0.05) is 18.0 Å². The SMILES string of the molecule is N#Cc1ccc(NC(=O)CN2CCCC[C@H]2C2OCCO2)cc1Cl. The van der Waals surface area contributed by atoms with Crippen LogP contribution in [-0.2, 0) is 14.3 Å². The molecule has 2 saturated heterocycles. The van der Waals surface area contributed by atoms with Gasteiger partial charge in [0.1, 0.15) is 6.07 Å². The Kier molecular flexibility index (Phi) is 5.69. The first-order valence-corrected chi connectivity index (χ1v) is 8.52. The number of piperidine rings is 1. The van der Waals surface area contributed by atoms with Crippen LogP contribution < -0.4 is 5.32 Å². The molecule has 1 amide bonds. The molecule has 2 aliphatic heterocycles. The van der Waals surface area contributed by atoms with Crippen LogP contribution in [0.4, 0.5) is 5.69 Å². The van der Waals surface area contributed by atoms with Crippen molar-refractivity contribution in [3.05, 3.63) is 28.8 Å². The quantitative estimate of drug-likeness (QED) is 0.903. The van der Waals surface area contributed by atoms with Crippen molar-refractivity contribution in [2.75, 3.05) is 31.6 Å². The molecule has 2 aliphatic rings. The van der Waals surface area contributed by atoms with E-state index in [0.29, 0.717) is 29.5 Å². The first-order valence-electron chi connectivity index (χ1n) is 8.14. The monoisotopic (exact) mass is 349 g/mol. The average molecular weight is 350 g/mol. The Morgan fingerprint density at radius 1 is 1.38 bits per heavy atom. The normalized spacial score (nSPS) is 22.2. The van der Waals surface area contributed by atoms with Gasteiger partial charge in [0.05, 0.1) is 36.4 Å². The molecule has 0 spiro atoms. The molecule has 0 aliphatic carbocycles. The first kappa shape index (κ1) is 17.2. The minimum absolute atomic E-state index is 0.110. The van der Waals surface area contributed by atoms with E-state index in [2.05, 4.69) is 10.2 Å². The zero-order chi connectivity index (χ0) is 16.9. The molecular formula is C17H20ClN3O3. The molecule has 0 bridgehead atoms. The smallest absolute Gasteiger partial charge is 0.238 e.